The number of benzene rings is 1. The third-order valence-corrected chi connectivity index (χ3v) is 5.18. The molecular formula is C19H23N5O2. The summed E-state index contributed by atoms with van der Waals surface area (Å²) in [6.07, 6.45) is 0.713. The summed E-state index contributed by atoms with van der Waals surface area (Å²) in [5.74, 6) is 1.54. The molecule has 1 aromatic carbocycles. The van der Waals surface area contributed by atoms with Crippen LogP contribution in [0.15, 0.2) is 18.2 Å². The molecule has 0 saturated carbocycles. The minimum atomic E-state index is -0.169. The predicted molar refractivity (Wildman–Crippen MR) is 98.0 cm³/mol. The largest absolute Gasteiger partial charge is 0.370 e. The average Bonchev–Trinajstić information content (AvgIpc) is 3.33. The van der Waals surface area contributed by atoms with Crippen LogP contribution in [0.2, 0.25) is 0 Å². The molecule has 1 aliphatic heterocycles. The number of nitrogens with one attached hydrogen (secondary N) is 3. The van der Waals surface area contributed by atoms with E-state index in [0.29, 0.717) is 24.5 Å². The van der Waals surface area contributed by atoms with Gasteiger partial charge in [-0.1, -0.05) is 0 Å². The van der Waals surface area contributed by atoms with E-state index in [4.69, 9.17) is 4.74 Å². The highest BCUT2D eigenvalue weighted by Crippen LogP contribution is 2.32. The van der Waals surface area contributed by atoms with Crippen molar-refractivity contribution in [2.75, 3.05) is 13.2 Å². The molecule has 0 aliphatic carbocycles. The molecule has 7 heteroatoms. The first kappa shape index (κ1) is 16.8. The summed E-state index contributed by atoms with van der Waals surface area (Å²) in [4.78, 5) is 20.3. The summed E-state index contributed by atoms with van der Waals surface area (Å²) >= 11 is 0. The monoisotopic (exact) mass is 353 g/mol. The van der Waals surface area contributed by atoms with Crippen LogP contribution in [-0.2, 0) is 4.74 Å². The number of aromatic amines is 2. The Labute approximate surface area is 151 Å². The zero-order valence-corrected chi connectivity index (χ0v) is 15.2. The molecule has 1 amide bonds. The Kier molecular flexibility index (Phi) is 4.24. The van der Waals surface area contributed by atoms with E-state index in [9.17, 15) is 4.79 Å². The van der Waals surface area contributed by atoms with Crippen LogP contribution in [0.1, 0.15) is 45.8 Å². The van der Waals surface area contributed by atoms with E-state index >= 15 is 0 Å². The van der Waals surface area contributed by atoms with Crippen molar-refractivity contribution >= 4 is 16.8 Å². The maximum atomic E-state index is 12.6. The summed E-state index contributed by atoms with van der Waals surface area (Å²) in [5, 5.41) is 11.2. The number of H-pyrrole nitrogens is 2. The molecule has 4 rings (SSSR count). The lowest BCUT2D eigenvalue weighted by molar-refractivity contribution is 0.0798. The number of aryl methyl sites for hydroxylation is 3. The zero-order chi connectivity index (χ0) is 18.3. The first-order valence-corrected chi connectivity index (χ1v) is 8.90. The average molecular weight is 353 g/mol. The number of ether oxygens (including phenoxy) is 1. The topological polar surface area (TPSA) is 95.7 Å². The van der Waals surface area contributed by atoms with E-state index in [2.05, 4.69) is 32.4 Å². The standard InChI is InChI=1S/C19H23N5O2/c1-10-11(2)21-16-5-4-13(8-15(10)16)19(25)20-9-14-6-7-26-17(14)18-22-12(3)23-24-18/h4-5,8,14,17,21H,6-7,9H2,1-3H3,(H,20,25)(H,22,23,24)/t14-,17-/m0/s1. The van der Waals surface area contributed by atoms with E-state index in [1.54, 1.807) is 0 Å². The van der Waals surface area contributed by atoms with E-state index < -0.39 is 0 Å². The number of fused-ring (bicyclic) bond motifs is 1. The minimum absolute atomic E-state index is 0.0676. The van der Waals surface area contributed by atoms with Gasteiger partial charge in [0.1, 0.15) is 11.9 Å². The van der Waals surface area contributed by atoms with E-state index in [1.807, 2.05) is 32.0 Å². The van der Waals surface area contributed by atoms with Crippen molar-refractivity contribution in [3.63, 3.8) is 0 Å². The summed E-state index contributed by atoms with van der Waals surface area (Å²) in [5.41, 5.74) is 4.04. The van der Waals surface area contributed by atoms with Crippen molar-refractivity contribution in [1.82, 2.24) is 25.5 Å². The number of carbonyl (C=O) groups is 1. The second-order valence-corrected chi connectivity index (χ2v) is 6.96. The van der Waals surface area contributed by atoms with Gasteiger partial charge in [0.05, 0.1) is 0 Å². The van der Waals surface area contributed by atoms with E-state index in [0.717, 1.165) is 28.8 Å². The smallest absolute Gasteiger partial charge is 0.251 e. The van der Waals surface area contributed by atoms with Gasteiger partial charge < -0.3 is 15.0 Å². The molecule has 1 saturated heterocycles. The van der Waals surface area contributed by atoms with Crippen LogP contribution in [0, 0.1) is 26.7 Å². The van der Waals surface area contributed by atoms with Crippen molar-refractivity contribution in [3.8, 4) is 0 Å². The molecule has 0 radical (unpaired) electrons. The Hall–Kier alpha value is -2.67. The SMILES string of the molecule is Cc1nc([C@H]2OCC[C@H]2CNC(=O)c2ccc3[nH]c(C)c(C)c3c2)n[nH]1. The zero-order valence-electron chi connectivity index (χ0n) is 15.2. The van der Waals surface area contributed by atoms with Crippen LogP contribution < -0.4 is 5.32 Å². The molecule has 3 heterocycles. The molecule has 3 aromatic rings. The quantitative estimate of drug-likeness (QED) is 0.672. The van der Waals surface area contributed by atoms with Crippen molar-refractivity contribution in [2.24, 2.45) is 5.92 Å². The van der Waals surface area contributed by atoms with Crippen molar-refractivity contribution in [1.29, 1.82) is 0 Å². The van der Waals surface area contributed by atoms with Crippen LogP contribution in [0.25, 0.3) is 10.9 Å². The molecule has 2 atom stereocenters. The second-order valence-electron chi connectivity index (χ2n) is 6.96. The van der Waals surface area contributed by atoms with Crippen LogP contribution in [0.4, 0.5) is 0 Å². The van der Waals surface area contributed by atoms with Crippen molar-refractivity contribution in [3.05, 3.63) is 46.7 Å². The Bertz CT molecular complexity index is 958. The summed E-state index contributed by atoms with van der Waals surface area (Å²) < 4.78 is 5.78. The fraction of sp³-hybridized carbons (Fsp3) is 0.421. The van der Waals surface area contributed by atoms with Gasteiger partial charge in [-0.3, -0.25) is 9.89 Å². The molecule has 7 nitrogen and oxygen atoms in total. The molecule has 2 aromatic heterocycles. The highest BCUT2D eigenvalue weighted by molar-refractivity contribution is 5.99. The first-order valence-electron chi connectivity index (χ1n) is 8.90. The maximum Gasteiger partial charge on any atom is 0.251 e. The number of rotatable bonds is 4. The Morgan fingerprint density at radius 2 is 2.19 bits per heavy atom. The lowest BCUT2D eigenvalue weighted by Crippen LogP contribution is -2.30. The fourth-order valence-electron chi connectivity index (χ4n) is 3.54. The molecule has 1 aliphatic rings. The molecule has 0 spiro atoms. The van der Waals surface area contributed by atoms with Crippen LogP contribution >= 0.6 is 0 Å². The number of aromatic nitrogens is 4. The van der Waals surface area contributed by atoms with Gasteiger partial charge in [-0.25, -0.2) is 4.98 Å². The Morgan fingerprint density at radius 3 is 2.96 bits per heavy atom. The molecule has 3 N–H and O–H groups in total. The van der Waals surface area contributed by atoms with Crippen molar-refractivity contribution in [2.45, 2.75) is 33.3 Å². The third-order valence-electron chi connectivity index (χ3n) is 5.18. The van der Waals surface area contributed by atoms with Crippen LogP contribution in [0.5, 0.6) is 0 Å². The van der Waals surface area contributed by atoms with E-state index in [-0.39, 0.29) is 17.9 Å². The lowest BCUT2D eigenvalue weighted by atomic mass is 10.0. The van der Waals surface area contributed by atoms with Gasteiger partial charge in [-0.05, 0) is 51.0 Å². The number of nitrogens with zero attached hydrogens (tertiary/aromatic N) is 2. The van der Waals surface area contributed by atoms with Crippen LogP contribution in [-0.4, -0.2) is 39.2 Å². The fourth-order valence-corrected chi connectivity index (χ4v) is 3.54. The number of carbonyl (C=O) groups excluding carboxylic acids is 1. The summed E-state index contributed by atoms with van der Waals surface area (Å²) in [6, 6.07) is 5.77. The molecular weight excluding hydrogens is 330 g/mol. The second kappa shape index (κ2) is 6.57. The molecule has 26 heavy (non-hydrogen) atoms. The van der Waals surface area contributed by atoms with Gasteiger partial charge in [-0.15, -0.1) is 0 Å². The summed E-state index contributed by atoms with van der Waals surface area (Å²) in [6.45, 7) is 7.17. The maximum absolute atomic E-state index is 12.6. The Balaban J connectivity index is 1.45. The number of amides is 1. The highest BCUT2D eigenvalue weighted by atomic mass is 16.5. The Morgan fingerprint density at radius 1 is 1.35 bits per heavy atom. The number of hydrogen-bond acceptors (Lipinski definition) is 4. The lowest BCUT2D eigenvalue weighted by Gasteiger charge is -2.16. The molecule has 0 unspecified atom stereocenters. The summed E-state index contributed by atoms with van der Waals surface area (Å²) in [7, 11) is 0. The number of hydrogen-bond donors (Lipinski definition) is 3. The van der Waals surface area contributed by atoms with Crippen LogP contribution in [0.3, 0.4) is 0 Å². The normalized spacial score (nSPS) is 20.0. The molecule has 136 valence electrons. The van der Waals surface area contributed by atoms with Crippen molar-refractivity contribution < 1.29 is 9.53 Å². The third kappa shape index (κ3) is 2.99. The first-order chi connectivity index (χ1) is 12.5. The predicted octanol–water partition coefficient (Wildman–Crippen LogP) is 2.72. The van der Waals surface area contributed by atoms with Gasteiger partial charge >= 0.3 is 0 Å². The van der Waals surface area contributed by atoms with Gasteiger partial charge in [0.2, 0.25) is 0 Å². The van der Waals surface area contributed by atoms with Gasteiger partial charge in [0.15, 0.2) is 5.82 Å². The molecule has 0 bridgehead atoms. The molecule has 1 fully saturated rings. The van der Waals surface area contributed by atoms with Gasteiger partial charge in [-0.2, -0.15) is 5.10 Å². The van der Waals surface area contributed by atoms with E-state index in [1.165, 1.54) is 5.56 Å². The minimum Gasteiger partial charge on any atom is -0.370 e. The highest BCUT2D eigenvalue weighted by Gasteiger charge is 2.32. The van der Waals surface area contributed by atoms with Gasteiger partial charge in [0.25, 0.3) is 5.91 Å². The van der Waals surface area contributed by atoms with Gasteiger partial charge in [0, 0.05) is 41.2 Å².